The van der Waals surface area contributed by atoms with Crippen molar-refractivity contribution >= 4 is 28.4 Å². The molecule has 1 aromatic heterocycles. The van der Waals surface area contributed by atoms with Crippen molar-refractivity contribution in [3.8, 4) is 0 Å². The van der Waals surface area contributed by atoms with Crippen LogP contribution < -0.4 is 0 Å². The molecule has 0 aliphatic heterocycles. The summed E-state index contributed by atoms with van der Waals surface area (Å²) in [6.07, 6.45) is 1.26. The molecule has 6 nitrogen and oxygen atoms in total. The second-order valence-corrected chi connectivity index (χ2v) is 13.4. The first-order valence-corrected chi connectivity index (χ1v) is 15.0. The highest BCUT2D eigenvalue weighted by Gasteiger charge is 2.61. The number of ether oxygens (including phenoxy) is 1. The average molecular weight is 584 g/mol. The highest BCUT2D eigenvalue weighted by Crippen LogP contribution is 2.65. The number of hydrogen-bond acceptors (Lipinski definition) is 5. The molecule has 0 saturated heterocycles. The second-order valence-electron chi connectivity index (χ2n) is 13.0. The number of carbonyl (C=O) groups is 1. The van der Waals surface area contributed by atoms with Gasteiger partial charge < -0.3 is 9.84 Å². The number of carbonyl (C=O) groups excluding carboxylic acids is 1. The highest BCUT2D eigenvalue weighted by atomic mass is 35.5. The first-order valence-electron chi connectivity index (χ1n) is 14.7. The van der Waals surface area contributed by atoms with E-state index < -0.39 is 17.2 Å². The van der Waals surface area contributed by atoms with Gasteiger partial charge in [0.05, 0.1) is 12.1 Å². The summed E-state index contributed by atoms with van der Waals surface area (Å²) in [5, 5.41) is 19.5. The van der Waals surface area contributed by atoms with Crippen LogP contribution in [0, 0.1) is 34.5 Å². The number of ketones is 1. The van der Waals surface area contributed by atoms with Gasteiger partial charge in [0.25, 0.3) is 0 Å². The summed E-state index contributed by atoms with van der Waals surface area (Å²) in [7, 11) is 1.63. The lowest BCUT2D eigenvalue weighted by molar-refractivity contribution is -0.267. The topological polar surface area (TPSA) is 77.2 Å². The standard InChI is InChI=1S/C30H41ClF3N3O3/c1-4-29(39,30(32,33)34)15-14-28(18-40-3)12-5-6-20-21-8-9-23(27(21,2)13-11-22(20)28)26(38)17-37-25-10-7-19(31)16-24(25)35-36-37/h7,10,16,20-23,39H,4-6,8-9,11-15,17-18H2,1-3H3/t20-,21-,22-,23+,27-,28+,29-/m0/s1. The minimum atomic E-state index is -4.66. The fraction of sp³-hybridized carbons (Fsp3) is 0.767. The Morgan fingerprint density at radius 3 is 2.67 bits per heavy atom. The number of halogens is 4. The van der Waals surface area contributed by atoms with Crippen LogP contribution in [-0.2, 0) is 16.1 Å². The van der Waals surface area contributed by atoms with Crippen molar-refractivity contribution in [2.75, 3.05) is 13.7 Å². The van der Waals surface area contributed by atoms with Crippen molar-refractivity contribution in [3.05, 3.63) is 23.2 Å². The minimum Gasteiger partial charge on any atom is -0.384 e. The number of nitrogens with zero attached hydrogens (tertiary/aromatic N) is 3. The average Bonchev–Trinajstić information content (AvgIpc) is 3.47. The maximum absolute atomic E-state index is 13.8. The van der Waals surface area contributed by atoms with Crippen LogP contribution in [0.5, 0.6) is 0 Å². The lowest BCUT2D eigenvalue weighted by Crippen LogP contribution is -2.53. The zero-order chi connectivity index (χ0) is 28.9. The monoisotopic (exact) mass is 583 g/mol. The summed E-state index contributed by atoms with van der Waals surface area (Å²) in [4.78, 5) is 13.7. The number of rotatable bonds is 9. The maximum Gasteiger partial charge on any atom is 0.417 e. The lowest BCUT2D eigenvalue weighted by atomic mass is 9.48. The van der Waals surface area contributed by atoms with Crippen LogP contribution in [0.15, 0.2) is 18.2 Å². The van der Waals surface area contributed by atoms with Crippen LogP contribution in [0.4, 0.5) is 13.2 Å². The molecule has 0 spiro atoms. The molecular formula is C30H41ClF3N3O3. The highest BCUT2D eigenvalue weighted by molar-refractivity contribution is 6.31. The van der Waals surface area contributed by atoms with Crippen molar-refractivity contribution in [1.29, 1.82) is 0 Å². The van der Waals surface area contributed by atoms with Crippen LogP contribution in [0.3, 0.4) is 0 Å². The molecule has 40 heavy (non-hydrogen) atoms. The van der Waals surface area contributed by atoms with Crippen molar-refractivity contribution in [2.24, 2.45) is 34.5 Å². The van der Waals surface area contributed by atoms with Gasteiger partial charge in [-0.15, -0.1) is 5.10 Å². The molecule has 1 heterocycles. The Kier molecular flexibility index (Phi) is 8.07. The van der Waals surface area contributed by atoms with Crippen LogP contribution in [0.2, 0.25) is 5.02 Å². The molecule has 1 aromatic carbocycles. The second kappa shape index (κ2) is 10.8. The number of aliphatic hydroxyl groups is 1. The molecule has 10 heteroatoms. The molecule has 3 aliphatic carbocycles. The third-order valence-corrected chi connectivity index (χ3v) is 11.4. The van der Waals surface area contributed by atoms with E-state index in [9.17, 15) is 23.1 Å². The van der Waals surface area contributed by atoms with Gasteiger partial charge in [0.1, 0.15) is 12.1 Å². The molecule has 1 N–H and O–H groups in total. The number of fused-ring (bicyclic) bond motifs is 4. The van der Waals surface area contributed by atoms with E-state index in [4.69, 9.17) is 16.3 Å². The lowest BCUT2D eigenvalue weighted by Gasteiger charge is -2.57. The van der Waals surface area contributed by atoms with Gasteiger partial charge in [-0.1, -0.05) is 37.1 Å². The summed E-state index contributed by atoms with van der Waals surface area (Å²) in [6, 6.07) is 5.35. The van der Waals surface area contributed by atoms with Gasteiger partial charge >= 0.3 is 6.18 Å². The van der Waals surface area contributed by atoms with Crippen LogP contribution in [0.1, 0.15) is 78.1 Å². The van der Waals surface area contributed by atoms with Crippen LogP contribution in [-0.4, -0.2) is 51.4 Å². The summed E-state index contributed by atoms with van der Waals surface area (Å²) >= 11 is 6.08. The van der Waals surface area contributed by atoms with E-state index in [0.29, 0.717) is 35.4 Å². The Morgan fingerprint density at radius 2 is 1.98 bits per heavy atom. The van der Waals surface area contributed by atoms with Crippen LogP contribution in [0.25, 0.3) is 11.0 Å². The fourth-order valence-corrected chi connectivity index (χ4v) is 9.16. The number of methoxy groups -OCH3 is 1. The molecule has 5 rings (SSSR count). The van der Waals surface area contributed by atoms with E-state index >= 15 is 0 Å². The first-order chi connectivity index (χ1) is 18.9. The third-order valence-electron chi connectivity index (χ3n) is 11.2. The van der Waals surface area contributed by atoms with Gasteiger partial charge in [-0.25, -0.2) is 4.68 Å². The van der Waals surface area contributed by atoms with Gasteiger partial charge in [0.15, 0.2) is 11.4 Å². The quantitative estimate of drug-likeness (QED) is 0.343. The largest absolute Gasteiger partial charge is 0.417 e. The third kappa shape index (κ3) is 4.98. The predicted molar refractivity (Wildman–Crippen MR) is 147 cm³/mol. The number of Topliss-reactive ketones (excluding diaryl/α,β-unsaturated/α-hetero) is 1. The van der Waals surface area contributed by atoms with Crippen molar-refractivity contribution in [2.45, 2.75) is 96.4 Å². The van der Waals surface area contributed by atoms with Crippen molar-refractivity contribution in [1.82, 2.24) is 15.0 Å². The molecule has 0 radical (unpaired) electrons. The van der Waals surface area contributed by atoms with Gasteiger partial charge in [-0.3, -0.25) is 4.79 Å². The molecule has 3 saturated carbocycles. The van der Waals surface area contributed by atoms with Crippen molar-refractivity contribution < 1.29 is 27.8 Å². The van der Waals surface area contributed by atoms with Gasteiger partial charge in [0.2, 0.25) is 0 Å². The van der Waals surface area contributed by atoms with E-state index in [0.717, 1.165) is 50.5 Å². The Bertz CT molecular complexity index is 1230. The molecule has 0 amide bonds. The molecule has 2 aromatic rings. The normalized spacial score (nSPS) is 33.9. The van der Waals surface area contributed by atoms with Gasteiger partial charge in [-0.05, 0) is 105 Å². The van der Waals surface area contributed by atoms with Gasteiger partial charge in [0, 0.05) is 18.1 Å². The minimum absolute atomic E-state index is 0.0841. The fourth-order valence-electron chi connectivity index (χ4n) is 9.00. The summed E-state index contributed by atoms with van der Waals surface area (Å²) in [6.45, 7) is 4.23. The van der Waals surface area contributed by atoms with E-state index in [1.54, 1.807) is 23.9 Å². The Balaban J connectivity index is 1.35. The van der Waals surface area contributed by atoms with Crippen LogP contribution >= 0.6 is 11.6 Å². The predicted octanol–water partition coefficient (Wildman–Crippen LogP) is 7.01. The van der Waals surface area contributed by atoms with E-state index in [2.05, 4.69) is 17.2 Å². The van der Waals surface area contributed by atoms with E-state index in [1.807, 2.05) is 6.07 Å². The molecular weight excluding hydrogens is 543 g/mol. The molecule has 0 bridgehead atoms. The zero-order valence-electron chi connectivity index (χ0n) is 23.6. The summed E-state index contributed by atoms with van der Waals surface area (Å²) in [5.41, 5.74) is -1.77. The van der Waals surface area contributed by atoms with Crippen molar-refractivity contribution in [3.63, 3.8) is 0 Å². The smallest absolute Gasteiger partial charge is 0.384 e. The van der Waals surface area contributed by atoms with Gasteiger partial charge in [-0.2, -0.15) is 13.2 Å². The molecule has 0 unspecified atom stereocenters. The number of aromatic nitrogens is 3. The number of hydrogen-bond donors (Lipinski definition) is 1. The Morgan fingerprint density at radius 1 is 1.20 bits per heavy atom. The number of alkyl halides is 3. The van der Waals surface area contributed by atoms with E-state index in [-0.39, 0.29) is 42.4 Å². The van der Waals surface area contributed by atoms with E-state index in [1.165, 1.54) is 6.92 Å². The maximum atomic E-state index is 13.8. The number of benzene rings is 1. The molecule has 3 aliphatic rings. The molecule has 3 fully saturated rings. The Labute approximate surface area is 239 Å². The summed E-state index contributed by atoms with van der Waals surface area (Å²) in [5.74, 6) is 0.999. The first kappa shape index (κ1) is 29.8. The SMILES string of the molecule is CC[C@](O)(CC[C@@]1(COC)CCC[C@@H]2[C@@H]1CC[C@]1(C)[C@@H](C(=O)Cn3nnc4cc(Cl)ccc43)CC[C@@H]21)C(F)(F)F. The molecule has 222 valence electrons. The molecule has 7 atom stereocenters. The Hall–Kier alpha value is -1.71. The zero-order valence-corrected chi connectivity index (χ0v) is 24.4. The summed E-state index contributed by atoms with van der Waals surface area (Å²) < 4.78 is 48.6.